The summed E-state index contributed by atoms with van der Waals surface area (Å²) in [7, 11) is 0. The molecular formula is C8H9N3. The second-order valence-corrected chi connectivity index (χ2v) is 3.88. The minimum Gasteiger partial charge on any atom is -0.344 e. The Labute approximate surface area is 64.4 Å². The van der Waals surface area contributed by atoms with Gasteiger partial charge >= 0.3 is 0 Å². The van der Waals surface area contributed by atoms with Crippen LogP contribution >= 0.6 is 0 Å². The van der Waals surface area contributed by atoms with E-state index < -0.39 is 0 Å². The largest absolute Gasteiger partial charge is 0.344 e. The number of fused-ring (bicyclic) bond motifs is 3. The van der Waals surface area contributed by atoms with E-state index in [1.165, 1.54) is 31.0 Å². The van der Waals surface area contributed by atoms with Crippen molar-refractivity contribution in [3.63, 3.8) is 0 Å². The number of nitrogens with one attached hydrogen (secondary N) is 1. The quantitative estimate of drug-likeness (QED) is 0.590. The number of hydrogen-bond donors (Lipinski definition) is 1. The Kier molecular flexibility index (Phi) is 0.477. The standard InChI is InChI=1S/C8H9N3/c1-2-11-6-4-9-7(10-6)8(11)3-5(1)8/h4-5H,1-3H2,(H,9,10)/t5-,8-/m1/s1. The van der Waals surface area contributed by atoms with Crippen LogP contribution in [0.15, 0.2) is 6.20 Å². The molecule has 0 amide bonds. The van der Waals surface area contributed by atoms with Crippen LogP contribution in [-0.4, -0.2) is 16.5 Å². The molecule has 2 atom stereocenters. The zero-order valence-electron chi connectivity index (χ0n) is 6.17. The summed E-state index contributed by atoms with van der Waals surface area (Å²) >= 11 is 0. The molecule has 1 spiro atoms. The van der Waals surface area contributed by atoms with E-state index in [1.54, 1.807) is 0 Å². The molecule has 4 rings (SSSR count). The van der Waals surface area contributed by atoms with E-state index in [0.717, 1.165) is 5.92 Å². The summed E-state index contributed by atoms with van der Waals surface area (Å²) < 4.78 is 0. The van der Waals surface area contributed by atoms with Crippen LogP contribution < -0.4 is 4.90 Å². The van der Waals surface area contributed by atoms with Gasteiger partial charge in [0.15, 0.2) is 0 Å². The summed E-state index contributed by atoms with van der Waals surface area (Å²) in [6, 6.07) is 0. The summed E-state index contributed by atoms with van der Waals surface area (Å²) in [5.74, 6) is 3.40. The van der Waals surface area contributed by atoms with Gasteiger partial charge in [0.25, 0.3) is 0 Å². The monoisotopic (exact) mass is 147 g/mol. The molecule has 2 fully saturated rings. The summed E-state index contributed by atoms with van der Waals surface area (Å²) in [6.45, 7) is 1.24. The van der Waals surface area contributed by atoms with Crippen molar-refractivity contribution < 1.29 is 0 Å². The molecule has 3 heterocycles. The molecule has 3 nitrogen and oxygen atoms in total. The van der Waals surface area contributed by atoms with Crippen molar-refractivity contribution in [3.8, 4) is 0 Å². The number of rotatable bonds is 0. The summed E-state index contributed by atoms with van der Waals surface area (Å²) in [5, 5.41) is 0. The maximum absolute atomic E-state index is 4.36. The van der Waals surface area contributed by atoms with E-state index in [2.05, 4.69) is 14.9 Å². The highest BCUT2D eigenvalue weighted by molar-refractivity contribution is 5.56. The predicted octanol–water partition coefficient (Wildman–Crippen LogP) is 0.849. The van der Waals surface area contributed by atoms with Gasteiger partial charge in [-0.2, -0.15) is 0 Å². The highest BCUT2D eigenvalue weighted by atomic mass is 15.4. The van der Waals surface area contributed by atoms with Crippen LogP contribution in [0.4, 0.5) is 5.82 Å². The van der Waals surface area contributed by atoms with Crippen LogP contribution in [0, 0.1) is 5.92 Å². The number of imidazole rings is 1. The Bertz CT molecular complexity index is 343. The smallest absolute Gasteiger partial charge is 0.134 e. The molecule has 3 heteroatoms. The van der Waals surface area contributed by atoms with Crippen molar-refractivity contribution in [2.75, 3.05) is 11.4 Å². The molecule has 1 saturated carbocycles. The first-order valence-corrected chi connectivity index (χ1v) is 4.24. The molecular weight excluding hydrogens is 138 g/mol. The number of piperidine rings is 1. The molecule has 0 unspecified atom stereocenters. The molecule has 1 aromatic heterocycles. The number of anilines is 1. The maximum atomic E-state index is 4.36. The van der Waals surface area contributed by atoms with Crippen LogP contribution in [-0.2, 0) is 5.54 Å². The zero-order chi connectivity index (χ0) is 7.05. The van der Waals surface area contributed by atoms with Crippen LogP contribution in [0.2, 0.25) is 0 Å². The van der Waals surface area contributed by atoms with Crippen molar-refractivity contribution in [2.45, 2.75) is 18.4 Å². The summed E-state index contributed by atoms with van der Waals surface area (Å²) in [6.07, 6.45) is 4.68. The van der Waals surface area contributed by atoms with Gasteiger partial charge < -0.3 is 9.88 Å². The SMILES string of the molecule is c1nc2[nH]c1N1CC[C@@H]3C[C@]231. The lowest BCUT2D eigenvalue weighted by Gasteiger charge is -2.22. The number of H-pyrrole nitrogens is 1. The van der Waals surface area contributed by atoms with Gasteiger partial charge in [-0.25, -0.2) is 4.98 Å². The van der Waals surface area contributed by atoms with Crippen LogP contribution in [0.3, 0.4) is 0 Å². The van der Waals surface area contributed by atoms with Gasteiger partial charge in [0, 0.05) is 6.54 Å². The minimum atomic E-state index is 0.393. The first kappa shape index (κ1) is 4.80. The molecule has 2 bridgehead atoms. The Morgan fingerprint density at radius 1 is 1.73 bits per heavy atom. The molecule has 1 aliphatic carbocycles. The van der Waals surface area contributed by atoms with E-state index in [4.69, 9.17) is 0 Å². The maximum Gasteiger partial charge on any atom is 0.134 e. The summed E-state index contributed by atoms with van der Waals surface area (Å²) in [5.41, 5.74) is 0.393. The first-order valence-electron chi connectivity index (χ1n) is 4.24. The van der Waals surface area contributed by atoms with Gasteiger partial charge in [-0.3, -0.25) is 0 Å². The van der Waals surface area contributed by atoms with E-state index >= 15 is 0 Å². The molecule has 1 N–H and O–H groups in total. The fourth-order valence-electron chi connectivity index (χ4n) is 2.89. The van der Waals surface area contributed by atoms with Gasteiger partial charge in [-0.1, -0.05) is 0 Å². The van der Waals surface area contributed by atoms with Crippen LogP contribution in [0.25, 0.3) is 0 Å². The third-order valence-electron chi connectivity index (χ3n) is 3.52. The van der Waals surface area contributed by atoms with Crippen molar-refractivity contribution in [1.82, 2.24) is 9.97 Å². The molecule has 11 heavy (non-hydrogen) atoms. The van der Waals surface area contributed by atoms with Crippen LogP contribution in [0.5, 0.6) is 0 Å². The lowest BCUT2D eigenvalue weighted by molar-refractivity contribution is 0.653. The van der Waals surface area contributed by atoms with E-state index in [0.29, 0.717) is 5.54 Å². The third kappa shape index (κ3) is 0.306. The molecule has 1 saturated heterocycles. The van der Waals surface area contributed by atoms with Gasteiger partial charge in [0.2, 0.25) is 0 Å². The number of aromatic nitrogens is 2. The molecule has 1 aromatic rings. The van der Waals surface area contributed by atoms with Crippen molar-refractivity contribution in [3.05, 3.63) is 12.0 Å². The summed E-state index contributed by atoms with van der Waals surface area (Å²) in [4.78, 5) is 10.2. The van der Waals surface area contributed by atoms with Gasteiger partial charge in [-0.05, 0) is 18.8 Å². The number of hydrogen-bond acceptors (Lipinski definition) is 2. The van der Waals surface area contributed by atoms with Crippen LogP contribution in [0.1, 0.15) is 18.7 Å². The van der Waals surface area contributed by atoms with E-state index in [-0.39, 0.29) is 0 Å². The minimum absolute atomic E-state index is 0.393. The zero-order valence-corrected chi connectivity index (χ0v) is 6.17. The topological polar surface area (TPSA) is 31.9 Å². The third-order valence-corrected chi connectivity index (χ3v) is 3.52. The van der Waals surface area contributed by atoms with E-state index in [1.807, 2.05) is 6.20 Å². The van der Waals surface area contributed by atoms with Gasteiger partial charge in [-0.15, -0.1) is 0 Å². The average molecular weight is 147 g/mol. The molecule has 2 aliphatic heterocycles. The van der Waals surface area contributed by atoms with Gasteiger partial charge in [0.1, 0.15) is 17.2 Å². The number of nitrogens with zero attached hydrogens (tertiary/aromatic N) is 2. The first-order chi connectivity index (χ1) is 5.41. The fourth-order valence-corrected chi connectivity index (χ4v) is 2.89. The Morgan fingerprint density at radius 3 is 3.55 bits per heavy atom. The van der Waals surface area contributed by atoms with Gasteiger partial charge in [0.05, 0.1) is 6.20 Å². The molecule has 0 aromatic carbocycles. The highest BCUT2D eigenvalue weighted by Crippen LogP contribution is 2.65. The van der Waals surface area contributed by atoms with Crippen molar-refractivity contribution >= 4 is 5.82 Å². The lowest BCUT2D eigenvalue weighted by atomic mass is 10.2. The highest BCUT2D eigenvalue weighted by Gasteiger charge is 2.67. The fraction of sp³-hybridized carbons (Fsp3) is 0.625. The molecule has 0 radical (unpaired) electrons. The number of aromatic amines is 1. The second kappa shape index (κ2) is 1.09. The predicted molar refractivity (Wildman–Crippen MR) is 40.3 cm³/mol. The Balaban J connectivity index is 2.06. The molecule has 56 valence electrons. The lowest BCUT2D eigenvalue weighted by Crippen LogP contribution is -2.30. The Morgan fingerprint density at radius 2 is 2.73 bits per heavy atom. The Hall–Kier alpha value is -0.990. The molecule has 3 aliphatic rings. The van der Waals surface area contributed by atoms with Crippen molar-refractivity contribution in [1.29, 1.82) is 0 Å². The van der Waals surface area contributed by atoms with E-state index in [9.17, 15) is 0 Å². The van der Waals surface area contributed by atoms with Crippen molar-refractivity contribution in [2.24, 2.45) is 5.92 Å². The normalized spacial score (nSPS) is 42.5. The average Bonchev–Trinajstić information content (AvgIpc) is 2.52. The second-order valence-electron chi connectivity index (χ2n) is 3.88.